The van der Waals surface area contributed by atoms with Crippen molar-refractivity contribution in [3.05, 3.63) is 231 Å². The fourth-order valence-electron chi connectivity index (χ4n) is 9.25. The normalized spacial score (nSPS) is 11.6. The molecule has 0 aliphatic rings. The van der Waals surface area contributed by atoms with Crippen LogP contribution in [0, 0.1) is 0 Å². The second kappa shape index (κ2) is 14.3. The maximum Gasteiger partial charge on any atom is 0.160 e. The molecule has 0 unspecified atom stereocenters. The third-order valence-corrected chi connectivity index (χ3v) is 12.2. The molecule has 61 heavy (non-hydrogen) atoms. The zero-order valence-electron chi connectivity index (χ0n) is 33.2. The molecule has 0 fully saturated rings. The van der Waals surface area contributed by atoms with E-state index in [-0.39, 0.29) is 0 Å². The van der Waals surface area contributed by atoms with Gasteiger partial charge in [0.2, 0.25) is 0 Å². The highest BCUT2D eigenvalue weighted by molar-refractivity contribution is 6.23. The molecule has 0 saturated heterocycles. The van der Waals surface area contributed by atoms with Crippen LogP contribution in [0.15, 0.2) is 235 Å². The first-order chi connectivity index (χ1) is 30.2. The summed E-state index contributed by atoms with van der Waals surface area (Å²) < 4.78 is 9.19. The van der Waals surface area contributed by atoms with Gasteiger partial charge in [0.25, 0.3) is 0 Å². The van der Waals surface area contributed by atoms with E-state index in [0.29, 0.717) is 0 Å². The van der Waals surface area contributed by atoms with Crippen LogP contribution in [0.1, 0.15) is 0 Å². The van der Waals surface area contributed by atoms with Crippen LogP contribution < -0.4 is 4.90 Å². The van der Waals surface area contributed by atoms with Crippen molar-refractivity contribution in [1.82, 2.24) is 4.57 Å². The van der Waals surface area contributed by atoms with E-state index >= 15 is 0 Å². The maximum absolute atomic E-state index is 6.82. The molecule has 0 N–H and O–H groups in total. The molecule has 0 radical (unpaired) electrons. The molecule has 12 rings (SSSR count). The lowest BCUT2D eigenvalue weighted by atomic mass is 9.98. The van der Waals surface area contributed by atoms with Crippen molar-refractivity contribution in [3.8, 4) is 39.1 Å². The summed E-state index contributed by atoms with van der Waals surface area (Å²) in [5.74, 6) is 0. The summed E-state index contributed by atoms with van der Waals surface area (Å²) in [4.78, 5) is 2.35. The summed E-state index contributed by atoms with van der Waals surface area (Å²) in [6.45, 7) is 0. The Labute approximate surface area is 353 Å². The molecule has 0 atom stereocenters. The number of anilines is 3. The van der Waals surface area contributed by atoms with Crippen LogP contribution in [0.3, 0.4) is 0 Å². The number of para-hydroxylation sites is 3. The quantitative estimate of drug-likeness (QED) is 0.161. The summed E-state index contributed by atoms with van der Waals surface area (Å²) in [5.41, 5.74) is 15.5. The van der Waals surface area contributed by atoms with Gasteiger partial charge in [0, 0.05) is 38.6 Å². The van der Waals surface area contributed by atoms with Crippen LogP contribution in [-0.4, -0.2) is 4.57 Å². The van der Waals surface area contributed by atoms with Crippen molar-refractivity contribution < 1.29 is 4.42 Å². The van der Waals surface area contributed by atoms with Gasteiger partial charge in [-0.1, -0.05) is 170 Å². The average Bonchev–Trinajstić information content (AvgIpc) is 3.90. The molecule has 0 aliphatic carbocycles. The molecule has 10 aromatic carbocycles. The monoisotopic (exact) mass is 778 g/mol. The van der Waals surface area contributed by atoms with Gasteiger partial charge in [0.1, 0.15) is 5.58 Å². The minimum absolute atomic E-state index is 0.864. The van der Waals surface area contributed by atoms with E-state index in [4.69, 9.17) is 4.42 Å². The highest BCUT2D eigenvalue weighted by Gasteiger charge is 2.22. The number of nitrogens with zero attached hydrogens (tertiary/aromatic N) is 2. The van der Waals surface area contributed by atoms with E-state index in [1.54, 1.807) is 0 Å². The molecule has 3 nitrogen and oxygen atoms in total. The fourth-order valence-corrected chi connectivity index (χ4v) is 9.25. The second-order valence-electron chi connectivity index (χ2n) is 15.7. The van der Waals surface area contributed by atoms with Crippen LogP contribution in [0.4, 0.5) is 17.1 Å². The van der Waals surface area contributed by atoms with Gasteiger partial charge in [0.15, 0.2) is 5.58 Å². The Kier molecular flexibility index (Phi) is 8.17. The van der Waals surface area contributed by atoms with Gasteiger partial charge < -0.3 is 13.9 Å². The highest BCUT2D eigenvalue weighted by Crippen LogP contribution is 2.46. The third-order valence-electron chi connectivity index (χ3n) is 12.2. The van der Waals surface area contributed by atoms with Gasteiger partial charge in [0.05, 0.1) is 16.7 Å². The number of fused-ring (bicyclic) bond motifs is 8. The van der Waals surface area contributed by atoms with Gasteiger partial charge in [-0.3, -0.25) is 0 Å². The molecule has 3 heteroatoms. The maximum atomic E-state index is 6.82. The first kappa shape index (κ1) is 34.9. The molecule has 2 aromatic heterocycles. The lowest BCUT2D eigenvalue weighted by Crippen LogP contribution is -2.10. The largest absolute Gasteiger partial charge is 0.454 e. The van der Waals surface area contributed by atoms with E-state index < -0.39 is 0 Å². The predicted octanol–water partition coefficient (Wildman–Crippen LogP) is 16.3. The minimum atomic E-state index is 0.864. The number of hydrogen-bond acceptors (Lipinski definition) is 2. The standard InChI is InChI=1S/C58H38N2O/c1-2-12-39(13-3-1)40-22-24-41(25-23-40)42-26-28-43(29-27-42)44-30-32-46(33-31-44)59(55-38-45-14-4-5-15-49(45)57-52-18-8-11-21-56(52)61-58(55)57)47-34-36-48(37-35-47)60-53-19-9-6-16-50(53)51-17-7-10-20-54(51)60/h1-38H. The SMILES string of the molecule is c1ccc(-c2ccc(-c3ccc(-c4ccc(N(c5ccc(-n6c7ccccc7c7ccccc76)cc5)c5cc6ccccc6c6c5oc5ccccc56)cc4)cc3)cc2)cc1. The van der Waals surface area contributed by atoms with Crippen molar-refractivity contribution in [2.75, 3.05) is 4.90 Å². The molecule has 0 aliphatic heterocycles. The van der Waals surface area contributed by atoms with Crippen molar-refractivity contribution in [3.63, 3.8) is 0 Å². The molecule has 0 bridgehead atoms. The van der Waals surface area contributed by atoms with Crippen molar-refractivity contribution >= 4 is 71.6 Å². The van der Waals surface area contributed by atoms with Crippen molar-refractivity contribution in [2.24, 2.45) is 0 Å². The molecule has 286 valence electrons. The number of furan rings is 1. The zero-order valence-corrected chi connectivity index (χ0v) is 33.2. The van der Waals surface area contributed by atoms with E-state index in [0.717, 1.165) is 55.6 Å². The average molecular weight is 779 g/mol. The number of hydrogen-bond donors (Lipinski definition) is 0. The summed E-state index contributed by atoms with van der Waals surface area (Å²) >= 11 is 0. The Morgan fingerprint density at radius 2 is 0.770 bits per heavy atom. The minimum Gasteiger partial charge on any atom is -0.454 e. The Balaban J connectivity index is 0.959. The Bertz CT molecular complexity index is 3490. The molecule has 0 amide bonds. The molecule has 0 spiro atoms. The van der Waals surface area contributed by atoms with E-state index in [1.807, 2.05) is 6.07 Å². The number of benzene rings is 10. The lowest BCUT2D eigenvalue weighted by Gasteiger charge is -2.26. The summed E-state index contributed by atoms with van der Waals surface area (Å²) in [6, 6.07) is 82.7. The fraction of sp³-hybridized carbons (Fsp3) is 0. The van der Waals surface area contributed by atoms with Crippen LogP contribution >= 0.6 is 0 Å². The first-order valence-electron chi connectivity index (χ1n) is 20.8. The van der Waals surface area contributed by atoms with Gasteiger partial charge in [-0.2, -0.15) is 0 Å². The predicted molar refractivity (Wildman–Crippen MR) is 257 cm³/mol. The molecular weight excluding hydrogens is 741 g/mol. The summed E-state index contributed by atoms with van der Waals surface area (Å²) in [6.07, 6.45) is 0. The molecular formula is C58H38N2O. The highest BCUT2D eigenvalue weighted by atomic mass is 16.3. The van der Waals surface area contributed by atoms with Crippen LogP contribution in [0.5, 0.6) is 0 Å². The van der Waals surface area contributed by atoms with Gasteiger partial charge in [-0.05, 0) is 105 Å². The molecule has 12 aromatic rings. The molecule has 0 saturated carbocycles. The summed E-state index contributed by atoms with van der Waals surface area (Å²) in [7, 11) is 0. The summed E-state index contributed by atoms with van der Waals surface area (Å²) in [5, 5.41) is 7.08. The van der Waals surface area contributed by atoms with Gasteiger partial charge >= 0.3 is 0 Å². The lowest BCUT2D eigenvalue weighted by molar-refractivity contribution is 0.669. The van der Waals surface area contributed by atoms with Crippen LogP contribution in [0.25, 0.3) is 93.6 Å². The van der Waals surface area contributed by atoms with Crippen molar-refractivity contribution in [1.29, 1.82) is 0 Å². The topological polar surface area (TPSA) is 21.3 Å². The Hall–Kier alpha value is -8.14. The number of aromatic nitrogens is 1. The Morgan fingerprint density at radius 1 is 0.344 bits per heavy atom. The smallest absolute Gasteiger partial charge is 0.160 e. The van der Waals surface area contributed by atoms with Crippen molar-refractivity contribution in [2.45, 2.75) is 0 Å². The molecule has 2 heterocycles. The first-order valence-corrected chi connectivity index (χ1v) is 20.8. The van der Waals surface area contributed by atoms with Gasteiger partial charge in [-0.15, -0.1) is 0 Å². The van der Waals surface area contributed by atoms with E-state index in [1.165, 1.54) is 55.0 Å². The van der Waals surface area contributed by atoms with Crippen LogP contribution in [0.2, 0.25) is 0 Å². The van der Waals surface area contributed by atoms with Gasteiger partial charge in [-0.25, -0.2) is 0 Å². The van der Waals surface area contributed by atoms with Crippen LogP contribution in [-0.2, 0) is 0 Å². The number of rotatable bonds is 7. The van der Waals surface area contributed by atoms with E-state index in [9.17, 15) is 0 Å². The third kappa shape index (κ3) is 5.90. The van der Waals surface area contributed by atoms with E-state index in [2.05, 4.69) is 234 Å². The Morgan fingerprint density at radius 3 is 1.34 bits per heavy atom. The second-order valence-corrected chi connectivity index (χ2v) is 15.7. The zero-order chi connectivity index (χ0) is 40.3.